The number of esters is 1. The van der Waals surface area contributed by atoms with E-state index < -0.39 is 43.4 Å². The number of aliphatic hydroxyl groups excluding tert-OH is 4. The van der Waals surface area contributed by atoms with Crippen molar-refractivity contribution in [2.75, 3.05) is 26.4 Å². The molecule has 0 aromatic rings. The molecule has 0 amide bonds. The van der Waals surface area contributed by atoms with Crippen LogP contribution in [0.3, 0.4) is 0 Å². The van der Waals surface area contributed by atoms with Crippen LogP contribution in [-0.4, -0.2) is 89.6 Å². The Hall–Kier alpha value is -3.15. The smallest absolute Gasteiger partial charge is 0.306 e. The summed E-state index contributed by atoms with van der Waals surface area (Å²) in [7, 11) is 0. The van der Waals surface area contributed by atoms with Crippen molar-refractivity contribution < 1.29 is 44.2 Å². The summed E-state index contributed by atoms with van der Waals surface area (Å²) < 4.78 is 23.0. The van der Waals surface area contributed by atoms with Gasteiger partial charge < -0.3 is 39.4 Å². The first kappa shape index (κ1) is 68.9. The highest BCUT2D eigenvalue weighted by atomic mass is 16.7. The topological polar surface area (TPSA) is 135 Å². The van der Waals surface area contributed by atoms with Crippen LogP contribution < -0.4 is 0 Å². The molecule has 4 N–H and O–H groups in total. The van der Waals surface area contributed by atoms with Gasteiger partial charge in [-0.15, -0.1) is 0 Å². The first-order valence-electron chi connectivity index (χ1n) is 30.0. The number of hydrogen-bond donors (Lipinski definition) is 4. The highest BCUT2D eigenvalue weighted by Crippen LogP contribution is 2.23. The standard InChI is InChI=1S/C65H110O9/c1-3-5-7-9-11-13-15-17-19-21-23-25-27-29-31-33-35-37-39-41-43-45-47-49-51-53-55-71-57-59(58-72-65-64(70)63(69)62(68)60(56-66)74-65)73-61(67)54-52-50-48-46-44-42-40-38-36-34-32-30-28-26-24-22-20-18-16-14-12-10-8-6-4-2/h5,7,11,13,16-19,22-25,29,31,35,37,41,43,59-60,62-66,68-70H,3-4,6,8-10,12,14-15,20-21,26-28,30,32-34,36,38-40,42,44-58H2,1-2H3/b7-5-,13-11-,18-16-,19-17-,24-22-,25-23-,31-29-,37-35-,43-41-. The molecular formula is C65H110O9. The van der Waals surface area contributed by atoms with Crippen molar-refractivity contribution in [2.45, 2.75) is 269 Å². The van der Waals surface area contributed by atoms with Crippen LogP contribution in [-0.2, 0) is 23.7 Å². The van der Waals surface area contributed by atoms with E-state index in [1.54, 1.807) is 0 Å². The van der Waals surface area contributed by atoms with Crippen LogP contribution in [0, 0.1) is 0 Å². The zero-order valence-electron chi connectivity index (χ0n) is 47.1. The molecular weight excluding hydrogens is 925 g/mol. The number of rotatable bonds is 51. The van der Waals surface area contributed by atoms with E-state index in [0.717, 1.165) is 103 Å². The minimum Gasteiger partial charge on any atom is -0.457 e. The van der Waals surface area contributed by atoms with E-state index in [0.29, 0.717) is 13.0 Å². The predicted octanol–water partition coefficient (Wildman–Crippen LogP) is 16.0. The quantitative estimate of drug-likeness (QED) is 0.0267. The van der Waals surface area contributed by atoms with Gasteiger partial charge in [-0.05, 0) is 103 Å². The molecule has 6 unspecified atom stereocenters. The summed E-state index contributed by atoms with van der Waals surface area (Å²) in [6.07, 6.45) is 71.4. The van der Waals surface area contributed by atoms with Crippen molar-refractivity contribution in [1.82, 2.24) is 0 Å². The van der Waals surface area contributed by atoms with Crippen LogP contribution in [0.1, 0.15) is 232 Å². The van der Waals surface area contributed by atoms with Gasteiger partial charge in [0.25, 0.3) is 0 Å². The third kappa shape index (κ3) is 44.0. The third-order valence-electron chi connectivity index (χ3n) is 13.2. The summed E-state index contributed by atoms with van der Waals surface area (Å²) in [4.78, 5) is 12.9. The lowest BCUT2D eigenvalue weighted by molar-refractivity contribution is -0.305. The van der Waals surface area contributed by atoms with Crippen LogP contribution in [0.25, 0.3) is 0 Å². The van der Waals surface area contributed by atoms with Gasteiger partial charge >= 0.3 is 5.97 Å². The Morgan fingerprint density at radius 2 is 0.824 bits per heavy atom. The van der Waals surface area contributed by atoms with Crippen molar-refractivity contribution in [3.63, 3.8) is 0 Å². The fourth-order valence-corrected chi connectivity index (χ4v) is 8.56. The van der Waals surface area contributed by atoms with Gasteiger partial charge in [-0.3, -0.25) is 4.79 Å². The van der Waals surface area contributed by atoms with Gasteiger partial charge in [-0.2, -0.15) is 0 Å². The monoisotopic (exact) mass is 1030 g/mol. The highest BCUT2D eigenvalue weighted by molar-refractivity contribution is 5.69. The second-order valence-corrected chi connectivity index (χ2v) is 20.1. The van der Waals surface area contributed by atoms with E-state index in [1.165, 1.54) is 109 Å². The molecule has 0 aromatic heterocycles. The van der Waals surface area contributed by atoms with Gasteiger partial charge in [0.2, 0.25) is 0 Å². The van der Waals surface area contributed by atoms with Crippen LogP contribution >= 0.6 is 0 Å². The lowest BCUT2D eigenvalue weighted by Crippen LogP contribution is -2.59. The van der Waals surface area contributed by atoms with Crippen molar-refractivity contribution in [2.24, 2.45) is 0 Å². The molecule has 0 aliphatic carbocycles. The number of aliphatic hydroxyl groups is 4. The number of hydrogen-bond acceptors (Lipinski definition) is 9. The summed E-state index contributed by atoms with van der Waals surface area (Å²) in [6, 6.07) is 0. The molecule has 1 heterocycles. The molecule has 9 heteroatoms. The number of carbonyl (C=O) groups is 1. The molecule has 6 atom stereocenters. The Morgan fingerprint density at radius 1 is 0.446 bits per heavy atom. The zero-order valence-corrected chi connectivity index (χ0v) is 47.1. The maximum Gasteiger partial charge on any atom is 0.306 e. The van der Waals surface area contributed by atoms with Gasteiger partial charge in [-0.1, -0.05) is 232 Å². The summed E-state index contributed by atoms with van der Waals surface area (Å²) in [6.45, 7) is 4.38. The molecule has 1 rings (SSSR count). The van der Waals surface area contributed by atoms with E-state index in [-0.39, 0.29) is 19.2 Å². The molecule has 9 nitrogen and oxygen atoms in total. The average molecular weight is 1040 g/mol. The number of unbranched alkanes of at least 4 members (excludes halogenated alkanes) is 22. The minimum absolute atomic E-state index is 0.121. The van der Waals surface area contributed by atoms with Gasteiger partial charge in [-0.25, -0.2) is 0 Å². The Labute approximate surface area is 453 Å². The van der Waals surface area contributed by atoms with Crippen LogP contribution in [0.5, 0.6) is 0 Å². The van der Waals surface area contributed by atoms with Gasteiger partial charge in [0, 0.05) is 13.0 Å². The number of ether oxygens (including phenoxy) is 4. The van der Waals surface area contributed by atoms with Crippen molar-refractivity contribution in [3.05, 3.63) is 109 Å². The Morgan fingerprint density at radius 3 is 1.24 bits per heavy atom. The van der Waals surface area contributed by atoms with E-state index in [1.807, 2.05) is 0 Å². The van der Waals surface area contributed by atoms with E-state index in [4.69, 9.17) is 18.9 Å². The van der Waals surface area contributed by atoms with E-state index >= 15 is 0 Å². The molecule has 1 aliphatic rings. The van der Waals surface area contributed by atoms with E-state index in [2.05, 4.69) is 123 Å². The summed E-state index contributed by atoms with van der Waals surface area (Å²) in [5, 5.41) is 40.4. The Kier molecular flexibility index (Phi) is 50.8. The Balaban J connectivity index is 2.19. The molecule has 0 aromatic carbocycles. The minimum atomic E-state index is -1.55. The first-order chi connectivity index (χ1) is 36.4. The third-order valence-corrected chi connectivity index (χ3v) is 13.2. The lowest BCUT2D eigenvalue weighted by atomic mass is 9.99. The van der Waals surface area contributed by atoms with Gasteiger partial charge in [0.1, 0.15) is 30.5 Å². The molecule has 424 valence electrons. The molecule has 1 fully saturated rings. The zero-order chi connectivity index (χ0) is 53.5. The van der Waals surface area contributed by atoms with Crippen molar-refractivity contribution in [1.29, 1.82) is 0 Å². The molecule has 0 bridgehead atoms. The summed E-state index contributed by atoms with van der Waals surface area (Å²) in [5.74, 6) is -0.326. The van der Waals surface area contributed by atoms with Crippen molar-refractivity contribution >= 4 is 5.97 Å². The number of allylic oxidation sites excluding steroid dienone is 18. The van der Waals surface area contributed by atoms with Gasteiger partial charge in [0.15, 0.2) is 6.29 Å². The second kappa shape index (κ2) is 54.6. The fourth-order valence-electron chi connectivity index (χ4n) is 8.56. The largest absolute Gasteiger partial charge is 0.457 e. The fraction of sp³-hybridized carbons (Fsp3) is 0.708. The average Bonchev–Trinajstić information content (AvgIpc) is 3.40. The first-order valence-corrected chi connectivity index (χ1v) is 30.0. The normalized spacial score (nSPS) is 19.4. The molecule has 0 saturated carbocycles. The molecule has 74 heavy (non-hydrogen) atoms. The molecule has 0 radical (unpaired) electrons. The predicted molar refractivity (Wildman–Crippen MR) is 311 cm³/mol. The summed E-state index contributed by atoms with van der Waals surface area (Å²) in [5.41, 5.74) is 0. The van der Waals surface area contributed by atoms with Crippen molar-refractivity contribution in [3.8, 4) is 0 Å². The summed E-state index contributed by atoms with van der Waals surface area (Å²) >= 11 is 0. The maximum absolute atomic E-state index is 12.9. The highest BCUT2D eigenvalue weighted by Gasteiger charge is 2.44. The lowest BCUT2D eigenvalue weighted by Gasteiger charge is -2.39. The molecule has 0 spiro atoms. The maximum atomic E-state index is 12.9. The van der Waals surface area contributed by atoms with E-state index in [9.17, 15) is 25.2 Å². The number of carbonyl (C=O) groups excluding carboxylic acids is 1. The van der Waals surface area contributed by atoms with Crippen LogP contribution in [0.15, 0.2) is 109 Å². The SMILES string of the molecule is CC/C=C\C/C=C\C/C=C\C/C=C\C/C=C\C/C=C\C/C=C\CCCCCCOCC(COC1OC(CO)C(O)C(O)C1O)OC(=O)CCCCCCCCCCCCCCC/C=C\C/C=C\CCCCCCC. The van der Waals surface area contributed by atoms with Crippen LogP contribution in [0.4, 0.5) is 0 Å². The molecule has 1 saturated heterocycles. The molecule has 1 aliphatic heterocycles. The van der Waals surface area contributed by atoms with Crippen LogP contribution in [0.2, 0.25) is 0 Å². The van der Waals surface area contributed by atoms with Gasteiger partial charge in [0.05, 0.1) is 19.8 Å². The second-order valence-electron chi connectivity index (χ2n) is 20.1. The Bertz CT molecular complexity index is 1510.